The molecule has 5 nitrogen and oxygen atoms in total. The van der Waals surface area contributed by atoms with E-state index in [0.29, 0.717) is 18.8 Å². The van der Waals surface area contributed by atoms with Gasteiger partial charge in [-0.15, -0.1) is 0 Å². The van der Waals surface area contributed by atoms with E-state index >= 15 is 0 Å². The number of rotatable bonds is 3. The highest BCUT2D eigenvalue weighted by atomic mass is 16.1. The third-order valence-electron chi connectivity index (χ3n) is 2.79. The van der Waals surface area contributed by atoms with E-state index < -0.39 is 0 Å². The lowest BCUT2D eigenvalue weighted by molar-refractivity contribution is 0.0942. The van der Waals surface area contributed by atoms with Gasteiger partial charge in [0.05, 0.1) is 19.1 Å². The predicted octanol–water partition coefficient (Wildman–Crippen LogP) is 0.660. The molecule has 0 aliphatic heterocycles. The van der Waals surface area contributed by atoms with Crippen molar-refractivity contribution < 1.29 is 4.79 Å². The van der Waals surface area contributed by atoms with Gasteiger partial charge in [-0.1, -0.05) is 24.0 Å². The Balaban J connectivity index is 1.94. The van der Waals surface area contributed by atoms with Crippen molar-refractivity contribution in [1.82, 2.24) is 14.9 Å². The van der Waals surface area contributed by atoms with Crippen LogP contribution in [0.3, 0.4) is 0 Å². The molecule has 3 N–H and O–H groups in total. The fourth-order valence-corrected chi connectivity index (χ4v) is 1.71. The average molecular weight is 268 g/mol. The molecule has 0 radical (unpaired) electrons. The molecule has 0 atom stereocenters. The molecule has 0 aliphatic carbocycles. The van der Waals surface area contributed by atoms with Gasteiger partial charge in [-0.3, -0.25) is 4.79 Å². The molecule has 0 saturated carbocycles. The maximum absolute atomic E-state index is 11.9. The summed E-state index contributed by atoms with van der Waals surface area (Å²) in [6.07, 6.45) is 3.14. The summed E-state index contributed by atoms with van der Waals surface area (Å²) >= 11 is 0. The Kier molecular flexibility index (Phi) is 4.53. The number of carbonyl (C=O) groups excluding carboxylic acids is 1. The lowest BCUT2D eigenvalue weighted by Gasteiger charge is -2.05. The van der Waals surface area contributed by atoms with Crippen LogP contribution in [-0.2, 0) is 13.6 Å². The average Bonchev–Trinajstić information content (AvgIpc) is 2.90. The van der Waals surface area contributed by atoms with Crippen molar-refractivity contribution in [3.05, 3.63) is 53.6 Å². The van der Waals surface area contributed by atoms with E-state index in [9.17, 15) is 4.79 Å². The number of aromatic nitrogens is 2. The van der Waals surface area contributed by atoms with E-state index in [0.717, 1.165) is 11.1 Å². The van der Waals surface area contributed by atoms with Crippen molar-refractivity contribution in [3.63, 3.8) is 0 Å². The maximum Gasteiger partial charge on any atom is 0.269 e. The van der Waals surface area contributed by atoms with Crippen LogP contribution in [0.1, 0.15) is 21.6 Å². The lowest BCUT2D eigenvalue weighted by atomic mass is 10.1. The van der Waals surface area contributed by atoms with Gasteiger partial charge in [0.2, 0.25) is 0 Å². The van der Waals surface area contributed by atoms with Crippen molar-refractivity contribution >= 4 is 5.91 Å². The molecule has 0 fully saturated rings. The Bertz CT molecular complexity index is 647. The monoisotopic (exact) mass is 268 g/mol. The molecule has 20 heavy (non-hydrogen) atoms. The molecule has 2 aromatic rings. The molecule has 0 aliphatic rings. The second-order valence-corrected chi connectivity index (χ2v) is 4.28. The van der Waals surface area contributed by atoms with E-state index in [4.69, 9.17) is 5.73 Å². The summed E-state index contributed by atoms with van der Waals surface area (Å²) in [7, 11) is 1.78. The van der Waals surface area contributed by atoms with E-state index in [1.807, 2.05) is 24.3 Å². The van der Waals surface area contributed by atoms with Gasteiger partial charge in [0.15, 0.2) is 0 Å². The Labute approximate surface area is 117 Å². The molecule has 102 valence electrons. The first kappa shape index (κ1) is 13.8. The Morgan fingerprint density at radius 2 is 2.15 bits per heavy atom. The number of nitrogens with zero attached hydrogens (tertiary/aromatic N) is 2. The minimum Gasteiger partial charge on any atom is -0.347 e. The van der Waals surface area contributed by atoms with Crippen molar-refractivity contribution in [1.29, 1.82) is 0 Å². The van der Waals surface area contributed by atoms with Crippen LogP contribution in [-0.4, -0.2) is 22.0 Å². The number of benzene rings is 1. The third-order valence-corrected chi connectivity index (χ3v) is 2.79. The number of amides is 1. The molecular weight excluding hydrogens is 252 g/mol. The van der Waals surface area contributed by atoms with Crippen LogP contribution in [0.4, 0.5) is 0 Å². The van der Waals surface area contributed by atoms with Gasteiger partial charge in [0.1, 0.15) is 5.69 Å². The number of nitrogens with one attached hydrogen (secondary N) is 1. The quantitative estimate of drug-likeness (QED) is 0.803. The molecule has 0 saturated heterocycles. The molecule has 0 bridgehead atoms. The zero-order valence-electron chi connectivity index (χ0n) is 11.3. The van der Waals surface area contributed by atoms with Crippen LogP contribution in [0.2, 0.25) is 0 Å². The van der Waals surface area contributed by atoms with Crippen molar-refractivity contribution in [3.8, 4) is 11.8 Å². The van der Waals surface area contributed by atoms with E-state index in [2.05, 4.69) is 22.1 Å². The third kappa shape index (κ3) is 3.46. The number of imidazole rings is 1. The van der Waals surface area contributed by atoms with Gasteiger partial charge in [-0.2, -0.15) is 0 Å². The first-order valence-corrected chi connectivity index (χ1v) is 6.23. The Hall–Kier alpha value is -2.58. The number of hydrogen-bond acceptors (Lipinski definition) is 3. The smallest absolute Gasteiger partial charge is 0.269 e. The number of nitrogens with two attached hydrogens (primary N) is 1. The zero-order chi connectivity index (χ0) is 14.4. The fraction of sp³-hybridized carbons (Fsp3) is 0.200. The van der Waals surface area contributed by atoms with Gasteiger partial charge in [-0.05, 0) is 17.7 Å². The van der Waals surface area contributed by atoms with Crippen LogP contribution < -0.4 is 11.1 Å². The van der Waals surface area contributed by atoms with Crippen molar-refractivity contribution in [2.45, 2.75) is 6.54 Å². The molecule has 5 heteroatoms. The van der Waals surface area contributed by atoms with Gasteiger partial charge >= 0.3 is 0 Å². The molecule has 1 aromatic heterocycles. The topological polar surface area (TPSA) is 72.9 Å². The van der Waals surface area contributed by atoms with Gasteiger partial charge in [0, 0.05) is 19.2 Å². The predicted molar refractivity (Wildman–Crippen MR) is 76.8 cm³/mol. The number of hydrogen-bond donors (Lipinski definition) is 2. The second-order valence-electron chi connectivity index (χ2n) is 4.28. The van der Waals surface area contributed by atoms with Crippen LogP contribution in [0, 0.1) is 11.8 Å². The maximum atomic E-state index is 11.9. The van der Waals surface area contributed by atoms with Gasteiger partial charge in [0.25, 0.3) is 5.91 Å². The molecule has 1 aromatic carbocycles. The molecule has 0 unspecified atom stereocenters. The molecule has 1 heterocycles. The molecule has 0 spiro atoms. The minimum atomic E-state index is -0.142. The molecule has 2 rings (SSSR count). The number of carbonyl (C=O) groups is 1. The highest BCUT2D eigenvalue weighted by Gasteiger charge is 2.08. The summed E-state index contributed by atoms with van der Waals surface area (Å²) < 4.78 is 1.68. The SMILES string of the molecule is Cn1cncc1C(=O)NCc1ccc(C#CCN)cc1. The summed E-state index contributed by atoms with van der Waals surface area (Å²) in [4.78, 5) is 15.8. The fourth-order valence-electron chi connectivity index (χ4n) is 1.71. The normalized spacial score (nSPS) is 9.70. The standard InChI is InChI=1S/C15H16N4O/c1-19-11-17-10-14(19)15(20)18-9-13-6-4-12(5-7-13)3-2-8-16/h4-7,10-11H,8-9,16H2,1H3,(H,18,20). The largest absolute Gasteiger partial charge is 0.347 e. The van der Waals surface area contributed by atoms with Crippen molar-refractivity contribution in [2.75, 3.05) is 6.54 Å². The zero-order valence-corrected chi connectivity index (χ0v) is 11.3. The van der Waals surface area contributed by atoms with Crippen LogP contribution >= 0.6 is 0 Å². The first-order valence-electron chi connectivity index (χ1n) is 6.23. The van der Waals surface area contributed by atoms with Crippen LogP contribution in [0.15, 0.2) is 36.8 Å². The minimum absolute atomic E-state index is 0.142. The summed E-state index contributed by atoms with van der Waals surface area (Å²) in [5.74, 6) is 5.61. The first-order chi connectivity index (χ1) is 9.70. The van der Waals surface area contributed by atoms with Crippen molar-refractivity contribution in [2.24, 2.45) is 12.8 Å². The Morgan fingerprint density at radius 3 is 2.75 bits per heavy atom. The van der Waals surface area contributed by atoms with E-state index in [-0.39, 0.29) is 5.91 Å². The molecule has 1 amide bonds. The second kappa shape index (κ2) is 6.55. The van der Waals surface area contributed by atoms with Gasteiger partial charge < -0.3 is 15.6 Å². The highest BCUT2D eigenvalue weighted by molar-refractivity contribution is 5.92. The summed E-state index contributed by atoms with van der Waals surface area (Å²) in [6.45, 7) is 0.817. The summed E-state index contributed by atoms with van der Waals surface area (Å²) in [5.41, 5.74) is 7.78. The summed E-state index contributed by atoms with van der Waals surface area (Å²) in [6, 6.07) is 7.69. The van der Waals surface area contributed by atoms with E-state index in [1.54, 1.807) is 24.1 Å². The lowest BCUT2D eigenvalue weighted by Crippen LogP contribution is -2.24. The Morgan fingerprint density at radius 1 is 1.40 bits per heavy atom. The molecular formula is C15H16N4O. The highest BCUT2D eigenvalue weighted by Crippen LogP contribution is 2.04. The van der Waals surface area contributed by atoms with Crippen LogP contribution in [0.5, 0.6) is 0 Å². The van der Waals surface area contributed by atoms with Gasteiger partial charge in [-0.25, -0.2) is 4.98 Å². The van der Waals surface area contributed by atoms with Crippen LogP contribution in [0.25, 0.3) is 0 Å². The number of aryl methyl sites for hydroxylation is 1. The summed E-state index contributed by atoms with van der Waals surface area (Å²) in [5, 5.41) is 2.85. The van der Waals surface area contributed by atoms with E-state index in [1.165, 1.54) is 0 Å².